The average molecular weight is 313 g/mol. The van der Waals surface area contributed by atoms with Crippen LogP contribution in [0.3, 0.4) is 0 Å². The molecule has 0 aliphatic heterocycles. The predicted octanol–water partition coefficient (Wildman–Crippen LogP) is 6.30. The fraction of sp³-hybridized carbons (Fsp3) is 0.571. The van der Waals surface area contributed by atoms with E-state index in [9.17, 15) is 0 Å². The summed E-state index contributed by atoms with van der Waals surface area (Å²) in [5, 5.41) is 5.01. The van der Waals surface area contributed by atoms with Crippen LogP contribution in [0.25, 0.3) is 11.1 Å². The number of hydrogen-bond acceptors (Lipinski definition) is 1. The molecule has 2 nitrogen and oxygen atoms in total. The molecule has 0 aliphatic rings. The van der Waals surface area contributed by atoms with Crippen LogP contribution in [0, 0.1) is 20.8 Å². The molecular formula is C21H32N2. The maximum Gasteiger partial charge on any atom is 0.0731 e. The van der Waals surface area contributed by atoms with Gasteiger partial charge in [-0.2, -0.15) is 5.10 Å². The Bertz CT molecular complexity index is 680. The van der Waals surface area contributed by atoms with Crippen LogP contribution >= 0.6 is 0 Å². The van der Waals surface area contributed by atoms with Gasteiger partial charge in [0, 0.05) is 17.3 Å². The van der Waals surface area contributed by atoms with Gasteiger partial charge >= 0.3 is 0 Å². The molecule has 23 heavy (non-hydrogen) atoms. The lowest BCUT2D eigenvalue weighted by atomic mass is 9.90. The van der Waals surface area contributed by atoms with Crippen molar-refractivity contribution in [3.63, 3.8) is 0 Å². The first-order valence-electron chi connectivity index (χ1n) is 8.85. The minimum atomic E-state index is 0.381. The zero-order valence-electron chi connectivity index (χ0n) is 16.3. The Kier molecular flexibility index (Phi) is 5.03. The lowest BCUT2D eigenvalue weighted by molar-refractivity contribution is 0.491. The Balaban J connectivity index is 2.84. The molecule has 0 bridgehead atoms. The van der Waals surface area contributed by atoms with Crippen molar-refractivity contribution in [1.29, 1.82) is 0 Å². The third-order valence-electron chi connectivity index (χ3n) is 4.77. The monoisotopic (exact) mass is 312 g/mol. The van der Waals surface area contributed by atoms with Crippen LogP contribution in [-0.4, -0.2) is 9.78 Å². The summed E-state index contributed by atoms with van der Waals surface area (Å²) in [6.45, 7) is 20.1. The Morgan fingerprint density at radius 3 is 1.74 bits per heavy atom. The predicted molar refractivity (Wildman–Crippen MR) is 100 cm³/mol. The second-order valence-corrected chi connectivity index (χ2v) is 7.73. The third kappa shape index (κ3) is 3.22. The molecule has 0 unspecified atom stereocenters. The van der Waals surface area contributed by atoms with Crippen LogP contribution in [0.1, 0.15) is 87.5 Å². The fourth-order valence-electron chi connectivity index (χ4n) is 3.29. The maximum absolute atomic E-state index is 5.01. The van der Waals surface area contributed by atoms with Gasteiger partial charge < -0.3 is 0 Å². The topological polar surface area (TPSA) is 17.8 Å². The lowest BCUT2D eigenvalue weighted by Crippen LogP contribution is -2.09. The molecule has 0 radical (unpaired) electrons. The van der Waals surface area contributed by atoms with Crippen molar-refractivity contribution in [1.82, 2.24) is 9.78 Å². The van der Waals surface area contributed by atoms with Crippen LogP contribution in [-0.2, 0) is 0 Å². The molecule has 2 rings (SSSR count). The van der Waals surface area contributed by atoms with Gasteiger partial charge in [0.15, 0.2) is 0 Å². The number of aryl methyl sites for hydroxylation is 2. The Morgan fingerprint density at radius 1 is 0.826 bits per heavy atom. The van der Waals surface area contributed by atoms with E-state index in [2.05, 4.69) is 79.1 Å². The van der Waals surface area contributed by atoms with Crippen molar-refractivity contribution in [2.75, 3.05) is 0 Å². The zero-order chi connectivity index (χ0) is 17.5. The first-order chi connectivity index (χ1) is 10.6. The molecule has 1 aromatic heterocycles. The van der Waals surface area contributed by atoms with Gasteiger partial charge in [0.2, 0.25) is 0 Å². The van der Waals surface area contributed by atoms with Gasteiger partial charge in [-0.3, -0.25) is 4.68 Å². The van der Waals surface area contributed by atoms with Gasteiger partial charge in [-0.05, 0) is 68.7 Å². The van der Waals surface area contributed by atoms with Gasteiger partial charge in [0.25, 0.3) is 0 Å². The zero-order valence-corrected chi connectivity index (χ0v) is 16.3. The Labute approximate surface area is 141 Å². The lowest BCUT2D eigenvalue weighted by Gasteiger charge is -2.17. The summed E-state index contributed by atoms with van der Waals surface area (Å²) in [5.74, 6) is 0.874. The van der Waals surface area contributed by atoms with E-state index in [-0.39, 0.29) is 0 Å². The highest BCUT2D eigenvalue weighted by Gasteiger charge is 2.24. The molecule has 0 saturated carbocycles. The number of aromatic nitrogens is 2. The highest BCUT2D eigenvalue weighted by Crippen LogP contribution is 2.38. The minimum Gasteiger partial charge on any atom is -0.266 e. The molecule has 1 heterocycles. The van der Waals surface area contributed by atoms with Gasteiger partial charge in [0.05, 0.1) is 5.69 Å². The molecule has 1 aromatic carbocycles. The van der Waals surface area contributed by atoms with E-state index in [1.54, 1.807) is 0 Å². The van der Waals surface area contributed by atoms with Crippen molar-refractivity contribution in [2.24, 2.45) is 0 Å². The van der Waals surface area contributed by atoms with Crippen LogP contribution in [0.5, 0.6) is 0 Å². The number of hydrogen-bond donors (Lipinski definition) is 0. The van der Waals surface area contributed by atoms with E-state index in [0.29, 0.717) is 17.9 Å². The summed E-state index contributed by atoms with van der Waals surface area (Å²) in [5.41, 5.74) is 9.39. The van der Waals surface area contributed by atoms with Crippen LogP contribution in [0.2, 0.25) is 0 Å². The van der Waals surface area contributed by atoms with E-state index >= 15 is 0 Å². The molecule has 0 aliphatic carbocycles. The van der Waals surface area contributed by atoms with Crippen LogP contribution in [0.4, 0.5) is 0 Å². The first kappa shape index (κ1) is 17.8. The Hall–Kier alpha value is -1.57. The standard InChI is InChI=1S/C21H32N2/c1-12(2)20-19(18-10-15(7)17(9)16(8)11-18)21(13(3)4)23(22-20)14(5)6/h10-14H,1-9H3. The van der Waals surface area contributed by atoms with Gasteiger partial charge in [0.1, 0.15) is 0 Å². The van der Waals surface area contributed by atoms with E-state index in [1.807, 2.05) is 0 Å². The van der Waals surface area contributed by atoms with Gasteiger partial charge in [-0.1, -0.05) is 39.8 Å². The van der Waals surface area contributed by atoms with Gasteiger partial charge in [-0.15, -0.1) is 0 Å². The summed E-state index contributed by atoms with van der Waals surface area (Å²) in [4.78, 5) is 0. The summed E-state index contributed by atoms with van der Waals surface area (Å²) in [6, 6.07) is 5.05. The van der Waals surface area contributed by atoms with E-state index < -0.39 is 0 Å². The van der Waals surface area contributed by atoms with E-state index in [0.717, 1.165) is 0 Å². The van der Waals surface area contributed by atoms with Crippen molar-refractivity contribution < 1.29 is 0 Å². The molecule has 0 saturated heterocycles. The molecular weight excluding hydrogens is 280 g/mol. The fourth-order valence-corrected chi connectivity index (χ4v) is 3.29. The molecule has 0 atom stereocenters. The third-order valence-corrected chi connectivity index (χ3v) is 4.77. The van der Waals surface area contributed by atoms with Crippen LogP contribution in [0.15, 0.2) is 12.1 Å². The number of rotatable bonds is 4. The summed E-state index contributed by atoms with van der Waals surface area (Å²) < 4.78 is 2.24. The highest BCUT2D eigenvalue weighted by atomic mass is 15.3. The van der Waals surface area contributed by atoms with Gasteiger partial charge in [-0.25, -0.2) is 0 Å². The summed E-state index contributed by atoms with van der Waals surface area (Å²) >= 11 is 0. The van der Waals surface area contributed by atoms with E-state index in [1.165, 1.54) is 39.2 Å². The minimum absolute atomic E-state index is 0.381. The van der Waals surface area contributed by atoms with Crippen molar-refractivity contribution in [3.05, 3.63) is 40.2 Å². The molecule has 126 valence electrons. The molecule has 0 fully saturated rings. The normalized spacial score (nSPS) is 12.0. The molecule has 0 spiro atoms. The van der Waals surface area contributed by atoms with E-state index in [4.69, 9.17) is 5.10 Å². The Morgan fingerprint density at radius 2 is 1.35 bits per heavy atom. The van der Waals surface area contributed by atoms with Crippen LogP contribution < -0.4 is 0 Å². The first-order valence-corrected chi connectivity index (χ1v) is 8.85. The molecule has 2 heteroatoms. The SMILES string of the molecule is Cc1cc(-c2c(C(C)C)nn(C(C)C)c2C(C)C)cc(C)c1C. The van der Waals surface area contributed by atoms with Crippen molar-refractivity contribution in [2.45, 2.75) is 80.2 Å². The average Bonchev–Trinajstić information content (AvgIpc) is 2.85. The molecule has 0 N–H and O–H groups in total. The highest BCUT2D eigenvalue weighted by molar-refractivity contribution is 5.72. The molecule has 0 amide bonds. The number of benzene rings is 1. The maximum atomic E-state index is 5.01. The number of nitrogens with zero attached hydrogens (tertiary/aromatic N) is 2. The second kappa shape index (κ2) is 6.51. The summed E-state index contributed by atoms with van der Waals surface area (Å²) in [7, 11) is 0. The smallest absolute Gasteiger partial charge is 0.0731 e. The largest absolute Gasteiger partial charge is 0.266 e. The molecule has 2 aromatic rings. The van der Waals surface area contributed by atoms with Crippen molar-refractivity contribution in [3.8, 4) is 11.1 Å². The second-order valence-electron chi connectivity index (χ2n) is 7.73. The van der Waals surface area contributed by atoms with Crippen molar-refractivity contribution >= 4 is 0 Å². The quantitative estimate of drug-likeness (QED) is 0.647. The summed E-state index contributed by atoms with van der Waals surface area (Å²) in [6.07, 6.45) is 0.